The summed E-state index contributed by atoms with van der Waals surface area (Å²) in [5.74, 6) is -1.88. The first-order chi connectivity index (χ1) is 9.76. The molecule has 120 valence electrons. The molecule has 1 aliphatic rings. The van der Waals surface area contributed by atoms with Crippen LogP contribution in [0.3, 0.4) is 0 Å². The fraction of sp³-hybridized carbons (Fsp3) is 0.750. The number of carbonyl (C=O) groups is 3. The summed E-state index contributed by atoms with van der Waals surface area (Å²) >= 11 is 0. The number of aliphatic hydroxyl groups excluding tert-OH is 2. The number of hydrogen-bond donors (Lipinski definition) is 3. The monoisotopic (exact) mass is 305 g/mol. The van der Waals surface area contributed by atoms with E-state index in [0.717, 1.165) is 13.8 Å². The Morgan fingerprint density at radius 3 is 2.05 bits per heavy atom. The van der Waals surface area contributed by atoms with Crippen molar-refractivity contribution in [1.29, 1.82) is 0 Å². The van der Waals surface area contributed by atoms with Gasteiger partial charge in [-0.1, -0.05) is 0 Å². The first-order valence-electron chi connectivity index (χ1n) is 6.32. The Morgan fingerprint density at radius 1 is 1.10 bits per heavy atom. The fourth-order valence-electron chi connectivity index (χ4n) is 2.12. The van der Waals surface area contributed by atoms with Gasteiger partial charge in [0.25, 0.3) is 0 Å². The van der Waals surface area contributed by atoms with Gasteiger partial charge in [0.1, 0.15) is 12.1 Å². The first kappa shape index (κ1) is 17.3. The summed E-state index contributed by atoms with van der Waals surface area (Å²) in [6, 6.07) is -1.13. The molecule has 0 aromatic rings. The molecule has 5 atom stereocenters. The topological polar surface area (TPSA) is 131 Å². The second kappa shape index (κ2) is 7.34. The highest BCUT2D eigenvalue weighted by Gasteiger charge is 2.49. The summed E-state index contributed by atoms with van der Waals surface area (Å²) in [5.41, 5.74) is 0. The molecule has 1 rings (SSSR count). The summed E-state index contributed by atoms with van der Waals surface area (Å²) in [7, 11) is 0. The van der Waals surface area contributed by atoms with Crippen LogP contribution in [0.2, 0.25) is 0 Å². The lowest BCUT2D eigenvalue weighted by atomic mass is 9.96. The molecule has 1 amide bonds. The van der Waals surface area contributed by atoms with Crippen molar-refractivity contribution in [2.45, 2.75) is 51.4 Å². The highest BCUT2D eigenvalue weighted by Crippen LogP contribution is 2.25. The van der Waals surface area contributed by atoms with Crippen molar-refractivity contribution in [2.75, 3.05) is 6.61 Å². The molecular formula is C12H19NO8. The van der Waals surface area contributed by atoms with Crippen LogP contribution in [-0.2, 0) is 28.6 Å². The Morgan fingerprint density at radius 2 is 1.62 bits per heavy atom. The predicted molar refractivity (Wildman–Crippen MR) is 66.7 cm³/mol. The number of nitrogens with one attached hydrogen (secondary N) is 1. The number of rotatable bonds is 4. The van der Waals surface area contributed by atoms with E-state index in [1.165, 1.54) is 6.92 Å². The average Bonchev–Trinajstić information content (AvgIpc) is 2.35. The molecule has 9 heteroatoms. The Balaban J connectivity index is 3.08. The first-order valence-corrected chi connectivity index (χ1v) is 6.32. The predicted octanol–water partition coefficient (Wildman–Crippen LogP) is -1.94. The number of esters is 2. The van der Waals surface area contributed by atoms with Gasteiger partial charge < -0.3 is 29.7 Å². The normalized spacial score (nSPS) is 32.1. The summed E-state index contributed by atoms with van der Waals surface area (Å²) in [5, 5.41) is 21.5. The molecule has 1 heterocycles. The number of hydrogen-bond acceptors (Lipinski definition) is 8. The van der Waals surface area contributed by atoms with Crippen LogP contribution in [0, 0.1) is 0 Å². The lowest BCUT2D eigenvalue weighted by molar-refractivity contribution is -0.263. The van der Waals surface area contributed by atoms with Gasteiger partial charge in [-0.3, -0.25) is 14.4 Å². The largest absolute Gasteiger partial charge is 0.456 e. The van der Waals surface area contributed by atoms with E-state index in [4.69, 9.17) is 14.2 Å². The third kappa shape index (κ3) is 4.66. The minimum atomic E-state index is -1.53. The lowest BCUT2D eigenvalue weighted by Gasteiger charge is -2.43. The van der Waals surface area contributed by atoms with E-state index in [9.17, 15) is 24.6 Å². The van der Waals surface area contributed by atoms with Gasteiger partial charge in [-0.2, -0.15) is 0 Å². The summed E-state index contributed by atoms with van der Waals surface area (Å²) < 4.78 is 15.1. The molecule has 3 N–H and O–H groups in total. The van der Waals surface area contributed by atoms with E-state index in [-0.39, 0.29) is 0 Å². The molecule has 0 aromatic carbocycles. The van der Waals surface area contributed by atoms with E-state index in [1.54, 1.807) is 0 Å². The Labute approximate surface area is 121 Å². The van der Waals surface area contributed by atoms with Gasteiger partial charge in [0.15, 0.2) is 18.5 Å². The van der Waals surface area contributed by atoms with Crippen LogP contribution in [-0.4, -0.2) is 65.3 Å². The molecule has 0 aliphatic carbocycles. The third-order valence-corrected chi connectivity index (χ3v) is 2.82. The number of aliphatic hydroxyl groups is 2. The molecule has 0 saturated carbocycles. The maximum Gasteiger partial charge on any atom is 0.303 e. The minimum Gasteiger partial charge on any atom is -0.456 e. The zero-order valence-electron chi connectivity index (χ0n) is 11.9. The molecule has 0 unspecified atom stereocenters. The van der Waals surface area contributed by atoms with Crippen LogP contribution >= 0.6 is 0 Å². The standard InChI is InChI=1S/C12H19NO8/c1-5(15)13-9-11(20-7(3)17)10(19-6(2)16)8(4-14)21-12(9)18/h8-12,14,18H,4H2,1-3H3,(H,13,15)/t8-,9+,10+,11-,12-/m0/s1. The number of amides is 1. The van der Waals surface area contributed by atoms with Crippen LogP contribution in [0.15, 0.2) is 0 Å². The third-order valence-electron chi connectivity index (χ3n) is 2.82. The number of ether oxygens (including phenoxy) is 3. The van der Waals surface area contributed by atoms with E-state index in [2.05, 4.69) is 5.32 Å². The summed E-state index contributed by atoms with van der Waals surface area (Å²) in [6.45, 7) is 2.90. The maximum absolute atomic E-state index is 11.2. The molecule has 0 aromatic heterocycles. The molecule has 1 saturated heterocycles. The second-order valence-electron chi connectivity index (χ2n) is 4.62. The van der Waals surface area contributed by atoms with E-state index in [0.29, 0.717) is 0 Å². The molecule has 0 radical (unpaired) electrons. The van der Waals surface area contributed by atoms with Gasteiger partial charge in [-0.15, -0.1) is 0 Å². The molecule has 0 bridgehead atoms. The van der Waals surface area contributed by atoms with Crippen molar-refractivity contribution in [3.8, 4) is 0 Å². The highest BCUT2D eigenvalue weighted by molar-refractivity contribution is 5.73. The number of carbonyl (C=O) groups excluding carboxylic acids is 3. The highest BCUT2D eigenvalue weighted by atomic mass is 16.7. The van der Waals surface area contributed by atoms with Crippen molar-refractivity contribution in [3.63, 3.8) is 0 Å². The van der Waals surface area contributed by atoms with Gasteiger partial charge in [0, 0.05) is 20.8 Å². The minimum absolute atomic E-state index is 0.496. The SMILES string of the molecule is CC(=O)N[C@@H]1[C@H](OC(C)=O)[C@H](OC(C)=O)[C@H](CO)O[C@@H]1O. The van der Waals surface area contributed by atoms with Crippen molar-refractivity contribution in [2.24, 2.45) is 0 Å². The van der Waals surface area contributed by atoms with Crippen LogP contribution < -0.4 is 5.32 Å². The van der Waals surface area contributed by atoms with Crippen molar-refractivity contribution in [1.82, 2.24) is 5.32 Å². The molecule has 0 spiro atoms. The van der Waals surface area contributed by atoms with Crippen LogP contribution in [0.5, 0.6) is 0 Å². The maximum atomic E-state index is 11.2. The zero-order valence-corrected chi connectivity index (χ0v) is 11.9. The summed E-state index contributed by atoms with van der Waals surface area (Å²) in [6.07, 6.45) is -4.95. The van der Waals surface area contributed by atoms with E-state index in [1.807, 2.05) is 0 Å². The molecular weight excluding hydrogens is 286 g/mol. The average molecular weight is 305 g/mol. The molecule has 1 aliphatic heterocycles. The van der Waals surface area contributed by atoms with Gasteiger partial charge in [-0.25, -0.2) is 0 Å². The molecule has 1 fully saturated rings. The Kier molecular flexibility index (Phi) is 6.06. The molecule has 21 heavy (non-hydrogen) atoms. The Bertz CT molecular complexity index is 412. The van der Waals surface area contributed by atoms with Crippen molar-refractivity contribution in [3.05, 3.63) is 0 Å². The molecule has 9 nitrogen and oxygen atoms in total. The van der Waals surface area contributed by atoms with Gasteiger partial charge >= 0.3 is 11.9 Å². The Hall–Kier alpha value is -1.71. The van der Waals surface area contributed by atoms with E-state index < -0.39 is 55.1 Å². The van der Waals surface area contributed by atoms with E-state index >= 15 is 0 Å². The van der Waals surface area contributed by atoms with Gasteiger partial charge in [-0.05, 0) is 0 Å². The van der Waals surface area contributed by atoms with Crippen LogP contribution in [0.25, 0.3) is 0 Å². The smallest absolute Gasteiger partial charge is 0.303 e. The fourth-order valence-corrected chi connectivity index (χ4v) is 2.12. The summed E-state index contributed by atoms with van der Waals surface area (Å²) in [4.78, 5) is 33.6. The van der Waals surface area contributed by atoms with Crippen LogP contribution in [0.1, 0.15) is 20.8 Å². The second-order valence-corrected chi connectivity index (χ2v) is 4.62. The quantitative estimate of drug-likeness (QED) is 0.511. The van der Waals surface area contributed by atoms with Gasteiger partial charge in [0.2, 0.25) is 5.91 Å². The van der Waals surface area contributed by atoms with Crippen molar-refractivity contribution < 1.29 is 38.8 Å². The van der Waals surface area contributed by atoms with Crippen molar-refractivity contribution >= 4 is 17.8 Å². The zero-order chi connectivity index (χ0) is 16.2. The lowest BCUT2D eigenvalue weighted by Crippen LogP contribution is -2.65. The van der Waals surface area contributed by atoms with Crippen LogP contribution in [0.4, 0.5) is 0 Å². The van der Waals surface area contributed by atoms with Gasteiger partial charge in [0.05, 0.1) is 6.61 Å².